The molecular weight excluding hydrogens is 348 g/mol. The van der Waals surface area contributed by atoms with Crippen molar-refractivity contribution in [2.45, 2.75) is 45.6 Å². The Labute approximate surface area is 158 Å². The van der Waals surface area contributed by atoms with Crippen LogP contribution >= 0.6 is 11.8 Å². The van der Waals surface area contributed by atoms with Crippen molar-refractivity contribution in [1.82, 2.24) is 5.32 Å². The van der Waals surface area contributed by atoms with Gasteiger partial charge in [0.1, 0.15) is 10.7 Å². The number of rotatable bonds is 4. The maximum Gasteiger partial charge on any atom is 0.265 e. The average molecular weight is 375 g/mol. The number of amides is 2. The Hall–Kier alpha value is -1.95. The second-order valence-corrected chi connectivity index (χ2v) is 8.06. The predicted molar refractivity (Wildman–Crippen MR) is 105 cm³/mol. The number of allylic oxidation sites excluding steroid dienone is 1. The van der Waals surface area contributed by atoms with E-state index in [2.05, 4.69) is 17.6 Å². The highest BCUT2D eigenvalue weighted by atomic mass is 32.2. The molecule has 5 nitrogen and oxygen atoms in total. The van der Waals surface area contributed by atoms with Gasteiger partial charge in [-0.15, -0.1) is 11.8 Å². The standard InChI is InChI=1S/C20H26N2O3S/c1-13-6-3-4-9-17(13)22-19(23)15-7-5-8-16(12-15)21-20(24)18-14(2)25-10-11-26-18/h5,7-8,12-13,17H,3-4,6,9-11H2,1-2H3,(H,21,24)(H,22,23)/t13-,17+/m1/s1. The smallest absolute Gasteiger partial charge is 0.265 e. The summed E-state index contributed by atoms with van der Waals surface area (Å²) in [6, 6.07) is 7.33. The van der Waals surface area contributed by atoms with Crippen molar-refractivity contribution in [3.05, 3.63) is 40.5 Å². The van der Waals surface area contributed by atoms with E-state index in [9.17, 15) is 9.59 Å². The molecule has 0 spiro atoms. The van der Waals surface area contributed by atoms with Crippen LogP contribution < -0.4 is 10.6 Å². The lowest BCUT2D eigenvalue weighted by Crippen LogP contribution is -2.41. The maximum absolute atomic E-state index is 12.6. The van der Waals surface area contributed by atoms with E-state index in [1.807, 2.05) is 0 Å². The van der Waals surface area contributed by atoms with E-state index in [4.69, 9.17) is 4.74 Å². The molecule has 1 aromatic rings. The SMILES string of the molecule is CC1=C(C(=O)Nc2cccc(C(=O)N[C@H]3CCCC[C@H]3C)c2)SCCO1. The third-order valence-electron chi connectivity index (χ3n) is 4.98. The summed E-state index contributed by atoms with van der Waals surface area (Å²) in [4.78, 5) is 25.6. The molecule has 0 bridgehead atoms. The van der Waals surface area contributed by atoms with E-state index in [-0.39, 0.29) is 17.9 Å². The topological polar surface area (TPSA) is 67.4 Å². The molecule has 0 radical (unpaired) electrons. The molecule has 0 aromatic heterocycles. The molecule has 1 heterocycles. The molecule has 2 atom stereocenters. The van der Waals surface area contributed by atoms with Gasteiger partial charge in [-0.1, -0.05) is 25.8 Å². The first-order valence-electron chi connectivity index (χ1n) is 9.23. The van der Waals surface area contributed by atoms with Crippen molar-refractivity contribution in [3.63, 3.8) is 0 Å². The second-order valence-electron chi connectivity index (χ2n) is 6.96. The van der Waals surface area contributed by atoms with Crippen molar-refractivity contribution in [2.75, 3.05) is 17.7 Å². The summed E-state index contributed by atoms with van der Waals surface area (Å²) in [6.45, 7) is 4.62. The normalized spacial score (nSPS) is 23.2. The van der Waals surface area contributed by atoms with Crippen LogP contribution in [0.2, 0.25) is 0 Å². The van der Waals surface area contributed by atoms with Crippen LogP contribution in [0.3, 0.4) is 0 Å². The zero-order valence-electron chi connectivity index (χ0n) is 15.3. The molecule has 0 unspecified atom stereocenters. The fraction of sp³-hybridized carbons (Fsp3) is 0.500. The maximum atomic E-state index is 12.6. The first-order chi connectivity index (χ1) is 12.5. The van der Waals surface area contributed by atoms with Crippen molar-refractivity contribution >= 4 is 29.3 Å². The van der Waals surface area contributed by atoms with Gasteiger partial charge in [0.05, 0.1) is 6.61 Å². The van der Waals surface area contributed by atoms with Gasteiger partial charge in [0.15, 0.2) is 0 Å². The molecule has 140 valence electrons. The summed E-state index contributed by atoms with van der Waals surface area (Å²) in [5.74, 6) is 1.66. The lowest BCUT2D eigenvalue weighted by molar-refractivity contribution is -0.112. The molecule has 3 rings (SSSR count). The average Bonchev–Trinajstić information content (AvgIpc) is 2.64. The Morgan fingerprint density at radius 1 is 1.19 bits per heavy atom. The van der Waals surface area contributed by atoms with Crippen LogP contribution in [-0.2, 0) is 9.53 Å². The fourth-order valence-corrected chi connectivity index (χ4v) is 4.25. The zero-order chi connectivity index (χ0) is 18.5. The Morgan fingerprint density at radius 2 is 2.00 bits per heavy atom. The van der Waals surface area contributed by atoms with Crippen LogP contribution in [0.25, 0.3) is 0 Å². The molecule has 1 aliphatic heterocycles. The molecule has 6 heteroatoms. The van der Waals surface area contributed by atoms with E-state index < -0.39 is 0 Å². The largest absolute Gasteiger partial charge is 0.496 e. The third kappa shape index (κ3) is 4.61. The molecule has 1 aromatic carbocycles. The molecule has 1 fully saturated rings. The van der Waals surface area contributed by atoms with Crippen LogP contribution in [0.1, 0.15) is 49.9 Å². The lowest BCUT2D eigenvalue weighted by Gasteiger charge is -2.29. The summed E-state index contributed by atoms with van der Waals surface area (Å²) in [5.41, 5.74) is 1.18. The first-order valence-corrected chi connectivity index (χ1v) is 10.2. The Morgan fingerprint density at radius 3 is 2.77 bits per heavy atom. The quantitative estimate of drug-likeness (QED) is 0.838. The number of thioether (sulfide) groups is 1. The van der Waals surface area contributed by atoms with Crippen LogP contribution in [0.4, 0.5) is 5.69 Å². The minimum atomic E-state index is -0.189. The molecule has 2 N–H and O–H groups in total. The summed E-state index contributed by atoms with van der Waals surface area (Å²) in [5, 5.41) is 6.02. The summed E-state index contributed by atoms with van der Waals surface area (Å²) >= 11 is 1.50. The molecule has 2 amide bonds. The van der Waals surface area contributed by atoms with Crippen molar-refractivity contribution in [3.8, 4) is 0 Å². The minimum Gasteiger partial charge on any atom is -0.496 e. The van der Waals surface area contributed by atoms with E-state index >= 15 is 0 Å². The summed E-state index contributed by atoms with van der Waals surface area (Å²) in [6.07, 6.45) is 4.61. The van der Waals surface area contributed by atoms with Gasteiger partial charge in [-0.2, -0.15) is 0 Å². The molecule has 1 saturated carbocycles. The van der Waals surface area contributed by atoms with E-state index in [1.54, 1.807) is 31.2 Å². The van der Waals surface area contributed by atoms with E-state index in [0.29, 0.717) is 34.4 Å². The lowest BCUT2D eigenvalue weighted by atomic mass is 9.86. The molecule has 0 saturated heterocycles. The van der Waals surface area contributed by atoms with Gasteiger partial charge in [0.25, 0.3) is 11.8 Å². The van der Waals surface area contributed by atoms with Gasteiger partial charge in [-0.25, -0.2) is 0 Å². The van der Waals surface area contributed by atoms with Crippen molar-refractivity contribution in [2.24, 2.45) is 5.92 Å². The van der Waals surface area contributed by atoms with E-state index in [0.717, 1.165) is 18.6 Å². The summed E-state index contributed by atoms with van der Waals surface area (Å²) in [7, 11) is 0. The number of hydrogen-bond acceptors (Lipinski definition) is 4. The zero-order valence-corrected chi connectivity index (χ0v) is 16.2. The van der Waals surface area contributed by atoms with Gasteiger partial charge in [-0.05, 0) is 43.9 Å². The molecule has 1 aliphatic carbocycles. The van der Waals surface area contributed by atoms with Crippen LogP contribution in [0.5, 0.6) is 0 Å². The minimum absolute atomic E-state index is 0.0781. The number of benzene rings is 1. The predicted octanol–water partition coefficient (Wildman–Crippen LogP) is 3.93. The summed E-state index contributed by atoms with van der Waals surface area (Å²) < 4.78 is 5.44. The van der Waals surface area contributed by atoms with Crippen molar-refractivity contribution in [1.29, 1.82) is 0 Å². The van der Waals surface area contributed by atoms with Gasteiger partial charge in [0.2, 0.25) is 0 Å². The highest BCUT2D eigenvalue weighted by Gasteiger charge is 2.23. The van der Waals surface area contributed by atoms with E-state index in [1.165, 1.54) is 24.6 Å². The molecular formula is C20H26N2O3S. The monoisotopic (exact) mass is 374 g/mol. The van der Waals surface area contributed by atoms with Gasteiger partial charge in [0, 0.05) is 23.0 Å². The van der Waals surface area contributed by atoms with Crippen LogP contribution in [-0.4, -0.2) is 30.2 Å². The van der Waals surface area contributed by atoms with Crippen molar-refractivity contribution < 1.29 is 14.3 Å². The number of nitrogens with one attached hydrogen (secondary N) is 2. The third-order valence-corrected chi connectivity index (χ3v) is 6.12. The molecule has 2 aliphatic rings. The Kier molecular flexibility index (Phi) is 6.25. The van der Waals surface area contributed by atoms with Gasteiger partial charge < -0.3 is 15.4 Å². The molecule has 26 heavy (non-hydrogen) atoms. The van der Waals surface area contributed by atoms with Crippen LogP contribution in [0, 0.1) is 5.92 Å². The fourth-order valence-electron chi connectivity index (χ4n) is 3.44. The first kappa shape index (κ1) is 18.8. The number of anilines is 1. The Balaban J connectivity index is 1.66. The van der Waals surface area contributed by atoms with Crippen LogP contribution in [0.15, 0.2) is 34.9 Å². The van der Waals surface area contributed by atoms with Gasteiger partial charge in [-0.3, -0.25) is 9.59 Å². The number of ether oxygens (including phenoxy) is 1. The van der Waals surface area contributed by atoms with Gasteiger partial charge >= 0.3 is 0 Å². The number of carbonyl (C=O) groups is 2. The highest BCUT2D eigenvalue weighted by molar-refractivity contribution is 8.04. The highest BCUT2D eigenvalue weighted by Crippen LogP contribution is 2.27. The number of hydrogen-bond donors (Lipinski definition) is 2. The second kappa shape index (κ2) is 8.62. The Bertz CT molecular complexity index is 717. The number of carbonyl (C=O) groups excluding carboxylic acids is 2.